The van der Waals surface area contributed by atoms with Gasteiger partial charge in [-0.25, -0.2) is 0 Å². The van der Waals surface area contributed by atoms with E-state index < -0.39 is 0 Å². The Hall–Kier alpha value is -1.43. The molecule has 1 saturated heterocycles. The van der Waals surface area contributed by atoms with Gasteiger partial charge in [0, 0.05) is 38.0 Å². The van der Waals surface area contributed by atoms with Gasteiger partial charge in [-0.3, -0.25) is 9.69 Å². The summed E-state index contributed by atoms with van der Waals surface area (Å²) >= 11 is 0. The van der Waals surface area contributed by atoms with E-state index in [1.165, 1.54) is 6.42 Å². The van der Waals surface area contributed by atoms with Crippen molar-refractivity contribution in [1.29, 1.82) is 0 Å². The van der Waals surface area contributed by atoms with E-state index in [0.717, 1.165) is 39.0 Å². The maximum atomic E-state index is 12.2. The molecule has 116 valence electrons. The van der Waals surface area contributed by atoms with Gasteiger partial charge in [0.1, 0.15) is 0 Å². The third-order valence-electron chi connectivity index (χ3n) is 4.47. The lowest BCUT2D eigenvalue weighted by Gasteiger charge is -2.37. The average Bonchev–Trinajstić information content (AvgIpc) is 2.86. The van der Waals surface area contributed by atoms with E-state index >= 15 is 0 Å². The zero-order valence-corrected chi connectivity index (χ0v) is 12.9. The minimum absolute atomic E-state index is 0.267. The lowest BCUT2D eigenvalue weighted by molar-refractivity contribution is -0.140. The van der Waals surface area contributed by atoms with E-state index in [1.807, 2.05) is 18.7 Å². The van der Waals surface area contributed by atoms with Crippen LogP contribution in [-0.4, -0.2) is 52.1 Å². The molecule has 0 spiro atoms. The summed E-state index contributed by atoms with van der Waals surface area (Å²) < 4.78 is 5.64. The Balaban J connectivity index is 1.47. The summed E-state index contributed by atoms with van der Waals surface area (Å²) in [7, 11) is 0. The third kappa shape index (κ3) is 3.26. The van der Waals surface area contributed by atoms with E-state index in [4.69, 9.17) is 4.42 Å². The van der Waals surface area contributed by atoms with Crippen LogP contribution >= 0.6 is 0 Å². The Morgan fingerprint density at radius 2 is 1.95 bits per heavy atom. The van der Waals surface area contributed by atoms with Crippen molar-refractivity contribution >= 4 is 5.91 Å². The normalized spacial score (nSPS) is 20.8. The number of carbonyl (C=O) groups is 1. The first-order valence-electron chi connectivity index (χ1n) is 7.97. The number of carbonyl (C=O) groups excluding carboxylic acids is 1. The van der Waals surface area contributed by atoms with Crippen LogP contribution in [-0.2, 0) is 11.3 Å². The van der Waals surface area contributed by atoms with Gasteiger partial charge in [0.15, 0.2) is 0 Å². The van der Waals surface area contributed by atoms with Crippen LogP contribution in [0.5, 0.6) is 0 Å². The molecule has 1 aliphatic heterocycles. The summed E-state index contributed by atoms with van der Waals surface area (Å²) in [6.45, 7) is 8.19. The highest BCUT2D eigenvalue weighted by Crippen LogP contribution is 2.28. The highest BCUT2D eigenvalue weighted by atomic mass is 16.4. The number of aromatic nitrogens is 2. The summed E-state index contributed by atoms with van der Waals surface area (Å²) in [6, 6.07) is 0. The molecule has 0 radical (unpaired) electrons. The molecule has 0 N–H and O–H groups in total. The van der Waals surface area contributed by atoms with Crippen molar-refractivity contribution in [3.63, 3.8) is 0 Å². The zero-order valence-electron chi connectivity index (χ0n) is 12.9. The lowest BCUT2D eigenvalue weighted by Crippen LogP contribution is -2.50. The molecule has 1 aliphatic carbocycles. The minimum Gasteiger partial charge on any atom is -0.424 e. The molecule has 0 aromatic carbocycles. The van der Waals surface area contributed by atoms with Gasteiger partial charge in [-0.15, -0.1) is 10.2 Å². The van der Waals surface area contributed by atoms with Gasteiger partial charge >= 0.3 is 0 Å². The van der Waals surface area contributed by atoms with Gasteiger partial charge in [-0.2, -0.15) is 0 Å². The van der Waals surface area contributed by atoms with Crippen LogP contribution in [0.25, 0.3) is 0 Å². The SMILES string of the molecule is CC(C)c1nnc(CN2CCN(C(=O)C3CCC3)CC2)o1. The second-order valence-corrected chi connectivity index (χ2v) is 6.42. The molecule has 2 fully saturated rings. The molecule has 1 aromatic heterocycles. The van der Waals surface area contributed by atoms with Gasteiger partial charge < -0.3 is 9.32 Å². The highest BCUT2D eigenvalue weighted by molar-refractivity contribution is 5.79. The summed E-state index contributed by atoms with van der Waals surface area (Å²) in [5, 5.41) is 8.16. The van der Waals surface area contributed by atoms with E-state index in [9.17, 15) is 4.79 Å². The summed E-state index contributed by atoms with van der Waals surface area (Å²) in [5.74, 6) is 2.31. The minimum atomic E-state index is 0.267. The number of piperazine rings is 1. The quantitative estimate of drug-likeness (QED) is 0.844. The van der Waals surface area contributed by atoms with Crippen LogP contribution in [0.15, 0.2) is 4.42 Å². The predicted molar refractivity (Wildman–Crippen MR) is 77.6 cm³/mol. The first-order valence-corrected chi connectivity index (χ1v) is 7.97. The Bertz CT molecular complexity index is 488. The van der Waals surface area contributed by atoms with Crippen molar-refractivity contribution in [3.05, 3.63) is 11.8 Å². The first kappa shape index (κ1) is 14.5. The predicted octanol–water partition coefficient (Wildman–Crippen LogP) is 1.64. The Morgan fingerprint density at radius 1 is 1.24 bits per heavy atom. The monoisotopic (exact) mass is 292 g/mol. The van der Waals surface area contributed by atoms with Gasteiger partial charge in [-0.1, -0.05) is 20.3 Å². The van der Waals surface area contributed by atoms with Gasteiger partial charge in [0.05, 0.1) is 6.54 Å². The lowest BCUT2D eigenvalue weighted by atomic mass is 9.84. The number of hydrogen-bond acceptors (Lipinski definition) is 5. The van der Waals surface area contributed by atoms with Crippen LogP contribution in [0.4, 0.5) is 0 Å². The summed E-state index contributed by atoms with van der Waals surface area (Å²) in [5.41, 5.74) is 0. The van der Waals surface area contributed by atoms with Crippen LogP contribution in [0.2, 0.25) is 0 Å². The van der Waals surface area contributed by atoms with Gasteiger partial charge in [0.25, 0.3) is 0 Å². The first-order chi connectivity index (χ1) is 10.1. The fourth-order valence-corrected chi connectivity index (χ4v) is 2.79. The largest absolute Gasteiger partial charge is 0.424 e. The summed E-state index contributed by atoms with van der Waals surface area (Å²) in [4.78, 5) is 16.5. The Morgan fingerprint density at radius 3 is 2.48 bits per heavy atom. The maximum absolute atomic E-state index is 12.2. The van der Waals surface area contributed by atoms with E-state index in [0.29, 0.717) is 30.2 Å². The van der Waals surface area contributed by atoms with Crippen molar-refractivity contribution in [2.75, 3.05) is 26.2 Å². The fraction of sp³-hybridized carbons (Fsp3) is 0.800. The van der Waals surface area contributed by atoms with Crippen molar-refractivity contribution in [1.82, 2.24) is 20.0 Å². The van der Waals surface area contributed by atoms with Crippen LogP contribution in [0.1, 0.15) is 50.8 Å². The molecular weight excluding hydrogens is 268 g/mol. The maximum Gasteiger partial charge on any atom is 0.230 e. The van der Waals surface area contributed by atoms with Crippen LogP contribution in [0.3, 0.4) is 0 Å². The molecule has 6 heteroatoms. The molecule has 2 aliphatic rings. The second kappa shape index (κ2) is 6.13. The topological polar surface area (TPSA) is 62.5 Å². The Kier molecular flexibility index (Phi) is 4.24. The van der Waals surface area contributed by atoms with Crippen LogP contribution < -0.4 is 0 Å². The molecule has 0 bridgehead atoms. The third-order valence-corrected chi connectivity index (χ3v) is 4.47. The van der Waals surface area contributed by atoms with E-state index in [1.54, 1.807) is 0 Å². The number of rotatable bonds is 4. The van der Waals surface area contributed by atoms with E-state index in [-0.39, 0.29) is 5.92 Å². The number of hydrogen-bond donors (Lipinski definition) is 0. The standard InChI is InChI=1S/C15H24N4O2/c1-11(2)14-17-16-13(21-14)10-18-6-8-19(9-7-18)15(20)12-4-3-5-12/h11-12H,3-10H2,1-2H3. The highest BCUT2D eigenvalue weighted by Gasteiger charge is 2.31. The Labute approximate surface area is 125 Å². The van der Waals surface area contributed by atoms with E-state index in [2.05, 4.69) is 15.1 Å². The average molecular weight is 292 g/mol. The molecule has 1 amide bonds. The number of amides is 1. The molecule has 0 unspecified atom stereocenters. The molecule has 1 aromatic rings. The molecule has 0 atom stereocenters. The van der Waals surface area contributed by atoms with Crippen molar-refractivity contribution in [2.45, 2.75) is 45.6 Å². The van der Waals surface area contributed by atoms with Gasteiger partial charge in [-0.05, 0) is 12.8 Å². The van der Waals surface area contributed by atoms with Gasteiger partial charge in [0.2, 0.25) is 17.7 Å². The number of nitrogens with zero attached hydrogens (tertiary/aromatic N) is 4. The fourth-order valence-electron chi connectivity index (χ4n) is 2.79. The molecule has 1 saturated carbocycles. The second-order valence-electron chi connectivity index (χ2n) is 6.42. The molecule has 21 heavy (non-hydrogen) atoms. The zero-order chi connectivity index (χ0) is 14.8. The molecule has 2 heterocycles. The molecule has 3 rings (SSSR count). The molecule has 6 nitrogen and oxygen atoms in total. The van der Waals surface area contributed by atoms with Crippen LogP contribution in [0, 0.1) is 5.92 Å². The smallest absolute Gasteiger partial charge is 0.230 e. The van der Waals surface area contributed by atoms with Crippen molar-refractivity contribution < 1.29 is 9.21 Å². The van der Waals surface area contributed by atoms with Crippen molar-refractivity contribution in [3.8, 4) is 0 Å². The molecular formula is C15H24N4O2. The summed E-state index contributed by atoms with van der Waals surface area (Å²) in [6.07, 6.45) is 3.38. The van der Waals surface area contributed by atoms with Crippen molar-refractivity contribution in [2.24, 2.45) is 5.92 Å².